The zero-order chi connectivity index (χ0) is 29.9. The first kappa shape index (κ1) is 26.4. The number of thiocarbonyl (C=S) groups is 1. The molecule has 7 aromatic rings. The number of amides is 1. The molecule has 0 aliphatic carbocycles. The fraction of sp³-hybridized carbons (Fsp3) is 0.0278. The lowest BCUT2D eigenvalue weighted by Gasteiger charge is -2.11. The van der Waals surface area contributed by atoms with Crippen LogP contribution in [0.2, 0.25) is 0 Å². The Bertz CT molecular complexity index is 2310. The number of carboxylic acid groups (broad SMARTS) is 1. The normalized spacial score (nSPS) is 14.6. The molecular formula is C36H23N3O3S2. The summed E-state index contributed by atoms with van der Waals surface area (Å²) in [7, 11) is 0. The second-order valence-corrected chi connectivity index (χ2v) is 12.4. The van der Waals surface area contributed by atoms with Gasteiger partial charge in [0, 0.05) is 32.9 Å². The minimum absolute atomic E-state index is 0.255. The summed E-state index contributed by atoms with van der Waals surface area (Å²) >= 11 is 6.40. The number of thioether (sulfide) groups is 1. The number of nitrogens with zero attached hydrogens (tertiary/aromatic N) is 3. The van der Waals surface area contributed by atoms with Gasteiger partial charge in [0.25, 0.3) is 5.91 Å². The summed E-state index contributed by atoms with van der Waals surface area (Å²) in [5, 5.41) is 13.8. The molecular weight excluding hydrogens is 587 g/mol. The molecule has 3 heterocycles. The molecule has 1 amide bonds. The van der Waals surface area contributed by atoms with E-state index in [0.717, 1.165) is 55.4 Å². The monoisotopic (exact) mass is 609 g/mol. The molecule has 0 bridgehead atoms. The number of aromatic nitrogens is 2. The van der Waals surface area contributed by atoms with Crippen molar-refractivity contribution in [3.05, 3.63) is 126 Å². The molecule has 0 unspecified atom stereocenters. The Morgan fingerprint density at radius 1 is 0.682 bits per heavy atom. The molecule has 1 saturated heterocycles. The minimum Gasteiger partial charge on any atom is -0.480 e. The van der Waals surface area contributed by atoms with Crippen LogP contribution < -0.4 is 0 Å². The molecule has 8 heteroatoms. The molecule has 212 valence electrons. The Balaban J connectivity index is 1.22. The molecule has 2 aromatic heterocycles. The number of hydrogen-bond donors (Lipinski definition) is 1. The molecule has 0 spiro atoms. The number of benzene rings is 5. The van der Waals surface area contributed by atoms with Crippen LogP contribution in [0.4, 0.5) is 0 Å². The largest absolute Gasteiger partial charge is 0.480 e. The topological polar surface area (TPSA) is 67.5 Å². The molecule has 1 aliphatic rings. The van der Waals surface area contributed by atoms with E-state index in [1.54, 1.807) is 6.08 Å². The van der Waals surface area contributed by atoms with Crippen molar-refractivity contribution in [3.8, 4) is 11.4 Å². The lowest BCUT2D eigenvalue weighted by Crippen LogP contribution is -2.33. The predicted molar refractivity (Wildman–Crippen MR) is 183 cm³/mol. The van der Waals surface area contributed by atoms with E-state index in [0.29, 0.717) is 4.91 Å². The maximum Gasteiger partial charge on any atom is 0.323 e. The van der Waals surface area contributed by atoms with Crippen molar-refractivity contribution in [1.82, 2.24) is 14.0 Å². The van der Waals surface area contributed by atoms with Gasteiger partial charge in [0.2, 0.25) is 0 Å². The average Bonchev–Trinajstić information content (AvgIpc) is 3.64. The van der Waals surface area contributed by atoms with Crippen molar-refractivity contribution in [2.75, 3.05) is 6.54 Å². The van der Waals surface area contributed by atoms with Gasteiger partial charge in [-0.05, 0) is 66.2 Å². The van der Waals surface area contributed by atoms with E-state index in [4.69, 9.17) is 17.3 Å². The lowest BCUT2D eigenvalue weighted by molar-refractivity contribution is -0.140. The summed E-state index contributed by atoms with van der Waals surface area (Å²) in [6, 6.07) is 40.1. The SMILES string of the molecule is O=C(O)CN1C(=O)/C(=C/c2ccc3c(c2)c2ccccc2n3-c2ccc(-n3c4ccccc4c4ccccc43)cc2)SC1=S. The summed E-state index contributed by atoms with van der Waals surface area (Å²) < 4.78 is 4.83. The molecule has 44 heavy (non-hydrogen) atoms. The van der Waals surface area contributed by atoms with Crippen molar-refractivity contribution < 1.29 is 14.7 Å². The number of carboxylic acids is 1. The Labute approximate surface area is 261 Å². The maximum atomic E-state index is 12.9. The highest BCUT2D eigenvalue weighted by Crippen LogP contribution is 2.37. The third-order valence-electron chi connectivity index (χ3n) is 8.11. The van der Waals surface area contributed by atoms with Gasteiger partial charge in [-0.15, -0.1) is 0 Å². The van der Waals surface area contributed by atoms with Gasteiger partial charge in [-0.1, -0.05) is 84.6 Å². The Morgan fingerprint density at radius 2 is 1.16 bits per heavy atom. The number of para-hydroxylation sites is 3. The second kappa shape index (κ2) is 10.2. The summed E-state index contributed by atoms with van der Waals surface area (Å²) in [4.78, 5) is 25.6. The first-order valence-electron chi connectivity index (χ1n) is 14.1. The Kier molecular flexibility index (Phi) is 6.14. The molecule has 1 N–H and O–H groups in total. The van der Waals surface area contributed by atoms with Gasteiger partial charge in [-0.3, -0.25) is 14.5 Å². The van der Waals surface area contributed by atoms with Gasteiger partial charge in [0.15, 0.2) is 0 Å². The molecule has 0 atom stereocenters. The van der Waals surface area contributed by atoms with Crippen molar-refractivity contribution in [2.45, 2.75) is 0 Å². The van der Waals surface area contributed by atoms with Crippen LogP contribution in [0, 0.1) is 0 Å². The van der Waals surface area contributed by atoms with Gasteiger partial charge in [-0.25, -0.2) is 0 Å². The standard InChI is InChI=1S/C36H23N3O3S2/c40-34(41)21-37-35(42)33(44-36(37)43)20-22-13-18-32-28(19-22)27-9-3-6-12-31(27)39(32)24-16-14-23(15-17-24)38-29-10-4-1-7-25(29)26-8-2-5-11-30(26)38/h1-20H,21H2,(H,40,41)/b33-20-. The van der Waals surface area contributed by atoms with Crippen LogP contribution >= 0.6 is 24.0 Å². The van der Waals surface area contributed by atoms with E-state index in [1.807, 2.05) is 18.2 Å². The highest BCUT2D eigenvalue weighted by atomic mass is 32.2. The fourth-order valence-corrected chi connectivity index (χ4v) is 7.49. The number of hydrogen-bond acceptors (Lipinski definition) is 4. The zero-order valence-corrected chi connectivity index (χ0v) is 24.8. The van der Waals surface area contributed by atoms with Crippen LogP contribution in [-0.4, -0.2) is 41.9 Å². The minimum atomic E-state index is -1.10. The average molecular weight is 610 g/mol. The van der Waals surface area contributed by atoms with Gasteiger partial charge < -0.3 is 14.2 Å². The van der Waals surface area contributed by atoms with Crippen LogP contribution in [0.15, 0.2) is 120 Å². The smallest absolute Gasteiger partial charge is 0.323 e. The quantitative estimate of drug-likeness (QED) is 0.158. The molecule has 0 radical (unpaired) electrons. The van der Waals surface area contributed by atoms with E-state index in [2.05, 4.69) is 106 Å². The summed E-state index contributed by atoms with van der Waals surface area (Å²) in [5.41, 5.74) is 7.45. The lowest BCUT2D eigenvalue weighted by atomic mass is 10.1. The number of carbonyl (C=O) groups is 2. The number of fused-ring (bicyclic) bond motifs is 6. The van der Waals surface area contributed by atoms with Crippen LogP contribution in [0.1, 0.15) is 5.56 Å². The second-order valence-electron chi connectivity index (χ2n) is 10.7. The highest BCUT2D eigenvalue weighted by Gasteiger charge is 2.33. The van der Waals surface area contributed by atoms with Crippen molar-refractivity contribution in [2.24, 2.45) is 0 Å². The van der Waals surface area contributed by atoms with Crippen LogP contribution in [0.3, 0.4) is 0 Å². The van der Waals surface area contributed by atoms with E-state index in [9.17, 15) is 9.59 Å². The molecule has 1 fully saturated rings. The molecule has 1 aliphatic heterocycles. The fourth-order valence-electron chi connectivity index (χ4n) is 6.23. The maximum absolute atomic E-state index is 12.9. The predicted octanol–water partition coefficient (Wildman–Crippen LogP) is 8.17. The van der Waals surface area contributed by atoms with Gasteiger partial charge >= 0.3 is 5.97 Å². The first-order chi connectivity index (χ1) is 21.5. The van der Waals surface area contributed by atoms with Gasteiger partial charge in [0.1, 0.15) is 10.9 Å². The third kappa shape index (κ3) is 4.14. The van der Waals surface area contributed by atoms with Crippen molar-refractivity contribution >= 4 is 89.9 Å². The zero-order valence-electron chi connectivity index (χ0n) is 23.2. The number of carbonyl (C=O) groups excluding carboxylic acids is 1. The summed E-state index contributed by atoms with van der Waals surface area (Å²) in [6.07, 6.45) is 1.78. The van der Waals surface area contributed by atoms with Crippen molar-refractivity contribution in [1.29, 1.82) is 0 Å². The summed E-state index contributed by atoms with van der Waals surface area (Å²) in [6.45, 7) is -0.440. The number of aliphatic carboxylic acids is 1. The summed E-state index contributed by atoms with van der Waals surface area (Å²) in [5.74, 6) is -1.48. The Hall–Kier alpha value is -5.18. The molecule has 0 saturated carbocycles. The molecule has 6 nitrogen and oxygen atoms in total. The van der Waals surface area contributed by atoms with Gasteiger partial charge in [-0.2, -0.15) is 0 Å². The Morgan fingerprint density at radius 3 is 1.68 bits per heavy atom. The van der Waals surface area contributed by atoms with Gasteiger partial charge in [0.05, 0.1) is 27.0 Å². The number of rotatable bonds is 5. The van der Waals surface area contributed by atoms with E-state index in [-0.39, 0.29) is 10.2 Å². The molecule has 5 aromatic carbocycles. The van der Waals surface area contributed by atoms with E-state index >= 15 is 0 Å². The van der Waals surface area contributed by atoms with E-state index < -0.39 is 12.5 Å². The van der Waals surface area contributed by atoms with Crippen LogP contribution in [0.5, 0.6) is 0 Å². The first-order valence-corrected chi connectivity index (χ1v) is 15.3. The highest BCUT2D eigenvalue weighted by molar-refractivity contribution is 8.26. The van der Waals surface area contributed by atoms with E-state index in [1.165, 1.54) is 21.8 Å². The van der Waals surface area contributed by atoms with Crippen LogP contribution in [-0.2, 0) is 9.59 Å². The van der Waals surface area contributed by atoms with Crippen molar-refractivity contribution in [3.63, 3.8) is 0 Å². The third-order valence-corrected chi connectivity index (χ3v) is 9.49. The molecule has 8 rings (SSSR count). The van der Waals surface area contributed by atoms with Crippen LogP contribution in [0.25, 0.3) is 61.1 Å².